The largest absolute Gasteiger partial charge is 0.348 e. The van der Waals surface area contributed by atoms with Gasteiger partial charge in [-0.2, -0.15) is 0 Å². The van der Waals surface area contributed by atoms with Crippen molar-refractivity contribution in [2.24, 2.45) is 5.92 Å². The molecule has 0 aromatic heterocycles. The summed E-state index contributed by atoms with van der Waals surface area (Å²) in [7, 11) is 0. The minimum absolute atomic E-state index is 0.0635. The van der Waals surface area contributed by atoms with Gasteiger partial charge < -0.3 is 10.2 Å². The molecular weight excluding hydrogens is 320 g/mol. The van der Waals surface area contributed by atoms with Crippen LogP contribution in [-0.4, -0.2) is 36.5 Å². The number of amides is 1. The van der Waals surface area contributed by atoms with Crippen molar-refractivity contribution in [2.75, 3.05) is 19.6 Å². The molecule has 3 heterocycles. The molecule has 2 aromatic rings. The maximum Gasteiger partial charge on any atom is 0.251 e. The van der Waals surface area contributed by atoms with Gasteiger partial charge >= 0.3 is 0 Å². The highest BCUT2D eigenvalue weighted by Gasteiger charge is 2.34. The molecule has 3 fully saturated rings. The van der Waals surface area contributed by atoms with E-state index in [1.165, 1.54) is 43.5 Å². The number of aryl methyl sites for hydroxylation is 1. The van der Waals surface area contributed by atoms with Crippen molar-refractivity contribution in [1.29, 1.82) is 0 Å². The third kappa shape index (κ3) is 3.68. The van der Waals surface area contributed by atoms with Crippen LogP contribution in [-0.2, 0) is 6.42 Å². The fraction of sp³-hybridized carbons (Fsp3) is 0.435. The Hall–Kier alpha value is -2.13. The van der Waals surface area contributed by atoms with Gasteiger partial charge in [-0.15, -0.1) is 0 Å². The maximum atomic E-state index is 12.6. The number of fused-ring (bicyclic) bond motifs is 3. The molecule has 0 radical (unpaired) electrons. The molecule has 3 heteroatoms. The Morgan fingerprint density at radius 1 is 1.00 bits per heavy atom. The molecule has 0 saturated carbocycles. The molecule has 5 rings (SSSR count). The molecule has 1 N–H and O–H groups in total. The van der Waals surface area contributed by atoms with Crippen molar-refractivity contribution in [2.45, 2.75) is 38.6 Å². The van der Waals surface area contributed by atoms with Gasteiger partial charge in [0.05, 0.1) is 0 Å². The predicted molar refractivity (Wildman–Crippen MR) is 106 cm³/mol. The number of rotatable bonds is 5. The number of piperidine rings is 3. The van der Waals surface area contributed by atoms with E-state index in [0.29, 0.717) is 12.0 Å². The Morgan fingerprint density at radius 3 is 2.15 bits per heavy atom. The molecular formula is C23H28N2O. The Kier molecular flexibility index (Phi) is 5.07. The monoisotopic (exact) mass is 348 g/mol. The maximum absolute atomic E-state index is 12.6. The second-order valence-corrected chi connectivity index (χ2v) is 7.74. The van der Waals surface area contributed by atoms with Gasteiger partial charge in [-0.25, -0.2) is 0 Å². The lowest BCUT2D eigenvalue weighted by molar-refractivity contribution is 0.0620. The van der Waals surface area contributed by atoms with Crippen LogP contribution in [0.5, 0.6) is 0 Å². The minimum Gasteiger partial charge on any atom is -0.348 e. The number of hydrogen-bond acceptors (Lipinski definition) is 2. The summed E-state index contributed by atoms with van der Waals surface area (Å²) >= 11 is 0. The van der Waals surface area contributed by atoms with Crippen LogP contribution in [0.2, 0.25) is 0 Å². The Balaban J connectivity index is 1.41. The van der Waals surface area contributed by atoms with E-state index in [4.69, 9.17) is 0 Å². The van der Waals surface area contributed by atoms with Crippen molar-refractivity contribution in [3.8, 4) is 11.1 Å². The summed E-state index contributed by atoms with van der Waals surface area (Å²) in [4.78, 5) is 15.1. The van der Waals surface area contributed by atoms with Crippen molar-refractivity contribution in [3.05, 3.63) is 59.7 Å². The van der Waals surface area contributed by atoms with Crippen LogP contribution in [0, 0.1) is 5.92 Å². The molecule has 136 valence electrons. The van der Waals surface area contributed by atoms with Gasteiger partial charge in [0.2, 0.25) is 0 Å². The number of nitrogens with one attached hydrogen (secondary N) is 1. The predicted octanol–water partition coefficient (Wildman–Crippen LogP) is 4.13. The average molecular weight is 348 g/mol. The van der Waals surface area contributed by atoms with E-state index in [2.05, 4.69) is 53.5 Å². The number of benzene rings is 2. The van der Waals surface area contributed by atoms with Crippen LogP contribution in [0.25, 0.3) is 11.1 Å². The first-order chi connectivity index (χ1) is 12.7. The summed E-state index contributed by atoms with van der Waals surface area (Å²) in [5.74, 6) is 0.721. The van der Waals surface area contributed by atoms with E-state index < -0.39 is 0 Å². The highest BCUT2D eigenvalue weighted by Crippen LogP contribution is 2.28. The Bertz CT molecular complexity index is 743. The first-order valence-corrected chi connectivity index (χ1v) is 9.95. The zero-order valence-corrected chi connectivity index (χ0v) is 15.6. The van der Waals surface area contributed by atoms with Crippen molar-refractivity contribution in [1.82, 2.24) is 10.2 Å². The Labute approximate surface area is 156 Å². The zero-order chi connectivity index (χ0) is 17.9. The van der Waals surface area contributed by atoms with Gasteiger partial charge in [-0.1, -0.05) is 49.7 Å². The summed E-state index contributed by atoms with van der Waals surface area (Å²) in [5, 5.41) is 3.27. The molecule has 3 aliphatic heterocycles. The lowest BCUT2D eigenvalue weighted by Gasteiger charge is -2.44. The molecule has 3 nitrogen and oxygen atoms in total. The van der Waals surface area contributed by atoms with E-state index in [9.17, 15) is 4.79 Å². The average Bonchev–Trinajstić information content (AvgIpc) is 2.70. The lowest BCUT2D eigenvalue weighted by atomic mass is 9.84. The summed E-state index contributed by atoms with van der Waals surface area (Å²) in [6.45, 7) is 5.61. The summed E-state index contributed by atoms with van der Waals surface area (Å²) in [5.41, 5.74) is 4.50. The molecule has 3 saturated heterocycles. The van der Waals surface area contributed by atoms with Gasteiger partial charge in [-0.3, -0.25) is 4.79 Å². The third-order valence-electron chi connectivity index (χ3n) is 5.95. The molecule has 1 amide bonds. The quantitative estimate of drug-likeness (QED) is 0.881. The standard InChI is InChI=1S/C23H28N2O/c1-2-3-17-4-6-18(7-5-17)19-8-10-21(11-9-19)23(26)24-22-16-25-14-12-20(22)13-15-25/h4-11,20,22H,2-3,12-16H2,1H3,(H,24,26)/t22-/m1/s1. The van der Waals surface area contributed by atoms with Crippen LogP contribution < -0.4 is 5.32 Å². The van der Waals surface area contributed by atoms with Gasteiger partial charge in [0, 0.05) is 18.2 Å². The van der Waals surface area contributed by atoms with Gasteiger partial charge in [-0.05, 0) is 67.1 Å². The first kappa shape index (κ1) is 17.3. The summed E-state index contributed by atoms with van der Waals surface area (Å²) < 4.78 is 0. The van der Waals surface area contributed by atoms with Crippen LogP contribution in [0.15, 0.2) is 48.5 Å². The number of nitrogens with zero attached hydrogens (tertiary/aromatic N) is 1. The van der Waals surface area contributed by atoms with Crippen molar-refractivity contribution < 1.29 is 4.79 Å². The fourth-order valence-corrected chi connectivity index (χ4v) is 4.35. The number of carbonyl (C=O) groups is 1. The SMILES string of the molecule is CCCc1ccc(-c2ccc(C(=O)N[C@@H]3CN4CCC3CC4)cc2)cc1. The molecule has 2 aromatic carbocycles. The van der Waals surface area contributed by atoms with Crippen LogP contribution in [0.4, 0.5) is 0 Å². The second kappa shape index (κ2) is 7.63. The minimum atomic E-state index is 0.0635. The third-order valence-corrected chi connectivity index (χ3v) is 5.95. The summed E-state index contributed by atoms with van der Waals surface area (Å²) in [6, 6.07) is 17.1. The summed E-state index contributed by atoms with van der Waals surface area (Å²) in [6.07, 6.45) is 4.73. The number of carbonyl (C=O) groups excluding carboxylic acids is 1. The second-order valence-electron chi connectivity index (χ2n) is 7.74. The first-order valence-electron chi connectivity index (χ1n) is 9.95. The molecule has 1 atom stereocenters. The molecule has 0 aliphatic carbocycles. The zero-order valence-electron chi connectivity index (χ0n) is 15.6. The van der Waals surface area contributed by atoms with E-state index in [-0.39, 0.29) is 5.91 Å². The molecule has 26 heavy (non-hydrogen) atoms. The highest BCUT2D eigenvalue weighted by atomic mass is 16.1. The van der Waals surface area contributed by atoms with E-state index in [0.717, 1.165) is 24.1 Å². The van der Waals surface area contributed by atoms with Crippen molar-refractivity contribution >= 4 is 5.91 Å². The molecule has 0 spiro atoms. The molecule has 3 aliphatic rings. The smallest absolute Gasteiger partial charge is 0.251 e. The van der Waals surface area contributed by atoms with Crippen molar-refractivity contribution in [3.63, 3.8) is 0 Å². The van der Waals surface area contributed by atoms with Gasteiger partial charge in [0.1, 0.15) is 0 Å². The molecule has 0 unspecified atom stereocenters. The normalized spacial score (nSPS) is 24.4. The van der Waals surface area contributed by atoms with E-state index >= 15 is 0 Å². The highest BCUT2D eigenvalue weighted by molar-refractivity contribution is 5.95. The van der Waals surface area contributed by atoms with Gasteiger partial charge in [0.25, 0.3) is 5.91 Å². The molecule has 2 bridgehead atoms. The van der Waals surface area contributed by atoms with Crippen LogP contribution in [0.1, 0.15) is 42.1 Å². The number of hydrogen-bond donors (Lipinski definition) is 1. The van der Waals surface area contributed by atoms with Gasteiger partial charge in [0.15, 0.2) is 0 Å². The fourth-order valence-electron chi connectivity index (χ4n) is 4.35. The van der Waals surface area contributed by atoms with E-state index in [1.54, 1.807) is 0 Å². The Morgan fingerprint density at radius 2 is 1.62 bits per heavy atom. The topological polar surface area (TPSA) is 32.3 Å². The van der Waals surface area contributed by atoms with E-state index in [1.807, 2.05) is 12.1 Å². The lowest BCUT2D eigenvalue weighted by Crippen LogP contribution is -2.57. The van der Waals surface area contributed by atoms with Crippen LogP contribution >= 0.6 is 0 Å². The van der Waals surface area contributed by atoms with Crippen LogP contribution in [0.3, 0.4) is 0 Å².